The predicted octanol–water partition coefficient (Wildman–Crippen LogP) is 4.01. The Morgan fingerprint density at radius 3 is 2.48 bits per heavy atom. The Hall–Kier alpha value is 0.270. The third-order valence-electron chi connectivity index (χ3n) is 5.72. The maximum Gasteiger partial charge on any atom is 0.0247 e. The number of rotatable bonds is 6. The van der Waals surface area contributed by atoms with E-state index in [9.17, 15) is 0 Å². The third kappa shape index (κ3) is 4.87. The maximum atomic E-state index is 3.91. The van der Waals surface area contributed by atoms with Crippen molar-refractivity contribution < 1.29 is 0 Å². The second-order valence-corrected chi connectivity index (χ2v) is 8.54. The van der Waals surface area contributed by atoms with Crippen molar-refractivity contribution >= 4 is 11.8 Å². The van der Waals surface area contributed by atoms with Crippen LogP contribution in [0.25, 0.3) is 0 Å². The van der Waals surface area contributed by atoms with E-state index in [1.807, 2.05) is 11.8 Å². The number of nitrogens with one attached hydrogen (secondary N) is 1. The predicted molar refractivity (Wildman–Crippen MR) is 96.2 cm³/mol. The molecular weight excluding hydrogens is 276 g/mol. The Balaban J connectivity index is 1.97. The minimum Gasteiger partial charge on any atom is -0.311 e. The van der Waals surface area contributed by atoms with E-state index in [0.29, 0.717) is 0 Å². The first-order valence-corrected chi connectivity index (χ1v) is 10.5. The van der Waals surface area contributed by atoms with Gasteiger partial charge in [-0.1, -0.05) is 33.1 Å². The molecule has 3 unspecified atom stereocenters. The van der Waals surface area contributed by atoms with E-state index in [1.165, 1.54) is 57.4 Å². The second-order valence-electron chi connectivity index (χ2n) is 7.55. The Morgan fingerprint density at radius 2 is 1.86 bits per heavy atom. The summed E-state index contributed by atoms with van der Waals surface area (Å²) in [7, 11) is 0. The van der Waals surface area contributed by atoms with Crippen molar-refractivity contribution in [1.82, 2.24) is 10.2 Å². The number of hydrogen-bond acceptors (Lipinski definition) is 3. The first-order valence-electron chi connectivity index (χ1n) is 9.11. The summed E-state index contributed by atoms with van der Waals surface area (Å²) in [5.41, 5.74) is 0. The molecule has 0 aromatic heterocycles. The molecule has 2 fully saturated rings. The first-order chi connectivity index (χ1) is 10.1. The first kappa shape index (κ1) is 17.6. The molecule has 2 aliphatic rings. The third-order valence-corrected chi connectivity index (χ3v) is 6.36. The topological polar surface area (TPSA) is 15.3 Å². The summed E-state index contributed by atoms with van der Waals surface area (Å²) in [5, 5.41) is 3.91. The number of nitrogens with zero attached hydrogens (tertiary/aromatic N) is 1. The van der Waals surface area contributed by atoms with Crippen LogP contribution in [0, 0.1) is 11.8 Å². The fourth-order valence-electron chi connectivity index (χ4n) is 4.25. The van der Waals surface area contributed by atoms with Crippen molar-refractivity contribution in [2.45, 2.75) is 77.4 Å². The molecule has 0 bridgehead atoms. The van der Waals surface area contributed by atoms with Gasteiger partial charge in [-0.3, -0.25) is 4.90 Å². The quantitative estimate of drug-likeness (QED) is 0.798. The molecule has 1 heterocycles. The van der Waals surface area contributed by atoms with Gasteiger partial charge >= 0.3 is 0 Å². The van der Waals surface area contributed by atoms with Crippen LogP contribution in [0.15, 0.2) is 0 Å². The van der Waals surface area contributed by atoms with E-state index < -0.39 is 0 Å². The van der Waals surface area contributed by atoms with Gasteiger partial charge < -0.3 is 5.32 Å². The van der Waals surface area contributed by atoms with Crippen LogP contribution in [0.1, 0.15) is 59.3 Å². The standard InChI is InChI=1S/C18H36N2S/c1-14(2)18-12-19-17(16-8-6-5-7-9-16)13-20(18)15(3)10-11-21-4/h14-19H,5-13H2,1-4H3. The van der Waals surface area contributed by atoms with Crippen molar-refractivity contribution in [2.75, 3.05) is 25.1 Å². The molecule has 1 aliphatic heterocycles. The van der Waals surface area contributed by atoms with Gasteiger partial charge in [0.05, 0.1) is 0 Å². The van der Waals surface area contributed by atoms with Crippen molar-refractivity contribution in [3.63, 3.8) is 0 Å². The monoisotopic (exact) mass is 312 g/mol. The molecule has 0 spiro atoms. The molecule has 2 nitrogen and oxygen atoms in total. The highest BCUT2D eigenvalue weighted by Gasteiger charge is 2.35. The molecule has 0 radical (unpaired) electrons. The van der Waals surface area contributed by atoms with Gasteiger partial charge in [0.2, 0.25) is 0 Å². The summed E-state index contributed by atoms with van der Waals surface area (Å²) in [6.07, 6.45) is 10.9. The van der Waals surface area contributed by atoms with Crippen LogP contribution >= 0.6 is 11.8 Å². The van der Waals surface area contributed by atoms with Gasteiger partial charge in [-0.2, -0.15) is 11.8 Å². The highest BCUT2D eigenvalue weighted by atomic mass is 32.2. The molecule has 1 saturated carbocycles. The number of piperazine rings is 1. The lowest BCUT2D eigenvalue weighted by atomic mass is 9.81. The highest BCUT2D eigenvalue weighted by molar-refractivity contribution is 7.98. The van der Waals surface area contributed by atoms with E-state index >= 15 is 0 Å². The van der Waals surface area contributed by atoms with Crippen LogP contribution in [0.5, 0.6) is 0 Å². The van der Waals surface area contributed by atoms with E-state index in [2.05, 4.69) is 37.2 Å². The van der Waals surface area contributed by atoms with Gasteiger partial charge in [0, 0.05) is 31.2 Å². The van der Waals surface area contributed by atoms with Crippen LogP contribution in [0.3, 0.4) is 0 Å². The molecule has 124 valence electrons. The van der Waals surface area contributed by atoms with Gasteiger partial charge in [0.1, 0.15) is 0 Å². The largest absolute Gasteiger partial charge is 0.311 e. The molecule has 0 aromatic rings. The van der Waals surface area contributed by atoms with Gasteiger partial charge in [-0.15, -0.1) is 0 Å². The van der Waals surface area contributed by atoms with Gasteiger partial charge in [0.25, 0.3) is 0 Å². The molecule has 3 atom stereocenters. The van der Waals surface area contributed by atoms with E-state index in [1.54, 1.807) is 0 Å². The van der Waals surface area contributed by atoms with Crippen LogP contribution < -0.4 is 5.32 Å². The Bertz CT molecular complexity index is 289. The molecule has 21 heavy (non-hydrogen) atoms. The molecule has 1 aliphatic carbocycles. The summed E-state index contributed by atoms with van der Waals surface area (Å²) < 4.78 is 0. The zero-order chi connectivity index (χ0) is 15.2. The minimum absolute atomic E-state index is 0.724. The normalized spacial score (nSPS) is 30.7. The highest BCUT2D eigenvalue weighted by Crippen LogP contribution is 2.30. The Morgan fingerprint density at radius 1 is 1.14 bits per heavy atom. The lowest BCUT2D eigenvalue weighted by Crippen LogP contribution is -2.62. The fourth-order valence-corrected chi connectivity index (χ4v) is 4.83. The SMILES string of the molecule is CSCCC(C)N1CC(C2CCCCC2)NCC1C(C)C. The summed E-state index contributed by atoms with van der Waals surface area (Å²) in [5.74, 6) is 2.98. The van der Waals surface area contributed by atoms with Crippen LogP contribution in [-0.2, 0) is 0 Å². The molecular formula is C18H36N2S. The molecule has 2 rings (SSSR count). The number of thioether (sulfide) groups is 1. The van der Waals surface area contributed by atoms with E-state index in [4.69, 9.17) is 0 Å². The van der Waals surface area contributed by atoms with Crippen LogP contribution in [0.2, 0.25) is 0 Å². The Labute approximate surface area is 136 Å². The molecule has 1 saturated heterocycles. The lowest BCUT2D eigenvalue weighted by Gasteiger charge is -2.48. The lowest BCUT2D eigenvalue weighted by molar-refractivity contribution is 0.0412. The van der Waals surface area contributed by atoms with Gasteiger partial charge in [-0.25, -0.2) is 0 Å². The summed E-state index contributed by atoms with van der Waals surface area (Å²) >= 11 is 1.99. The zero-order valence-electron chi connectivity index (χ0n) is 14.6. The minimum atomic E-state index is 0.724. The summed E-state index contributed by atoms with van der Waals surface area (Å²) in [4.78, 5) is 2.84. The Kier molecular flexibility index (Phi) is 7.37. The van der Waals surface area contributed by atoms with E-state index in [-0.39, 0.29) is 0 Å². The number of hydrogen-bond donors (Lipinski definition) is 1. The fraction of sp³-hybridized carbons (Fsp3) is 1.00. The van der Waals surface area contributed by atoms with Crippen molar-refractivity contribution in [3.8, 4) is 0 Å². The van der Waals surface area contributed by atoms with Gasteiger partial charge in [-0.05, 0) is 50.0 Å². The second kappa shape index (κ2) is 8.79. The zero-order valence-corrected chi connectivity index (χ0v) is 15.4. The van der Waals surface area contributed by atoms with Crippen molar-refractivity contribution in [2.24, 2.45) is 11.8 Å². The smallest absolute Gasteiger partial charge is 0.0247 e. The van der Waals surface area contributed by atoms with E-state index in [0.717, 1.165) is 30.0 Å². The summed E-state index contributed by atoms with van der Waals surface area (Å²) in [6.45, 7) is 9.71. The molecule has 0 aromatic carbocycles. The molecule has 1 N–H and O–H groups in total. The van der Waals surface area contributed by atoms with Gasteiger partial charge in [0.15, 0.2) is 0 Å². The van der Waals surface area contributed by atoms with Crippen molar-refractivity contribution in [1.29, 1.82) is 0 Å². The molecule has 3 heteroatoms. The average Bonchev–Trinajstić information content (AvgIpc) is 2.52. The molecule has 0 amide bonds. The van der Waals surface area contributed by atoms with Crippen molar-refractivity contribution in [3.05, 3.63) is 0 Å². The average molecular weight is 313 g/mol. The van der Waals surface area contributed by atoms with Crippen LogP contribution in [-0.4, -0.2) is 48.1 Å². The summed E-state index contributed by atoms with van der Waals surface area (Å²) in [6, 6.07) is 2.21. The maximum absolute atomic E-state index is 3.91. The van der Waals surface area contributed by atoms with Crippen LogP contribution in [0.4, 0.5) is 0 Å².